The van der Waals surface area contributed by atoms with Crippen molar-refractivity contribution in [2.45, 2.75) is 19.4 Å². The van der Waals surface area contributed by atoms with Gasteiger partial charge in [0.1, 0.15) is 0 Å². The topological polar surface area (TPSA) is 55.5 Å². The van der Waals surface area contributed by atoms with Gasteiger partial charge in [-0.1, -0.05) is 48.0 Å². The second-order valence-electron chi connectivity index (χ2n) is 6.57. The first-order valence-corrected chi connectivity index (χ1v) is 9.31. The number of carbonyl (C=O) groups is 1. The Bertz CT molecular complexity index is 1070. The number of carbonyl (C=O) groups excluding carboxylic acids is 1. The molecule has 0 radical (unpaired) electrons. The van der Waals surface area contributed by atoms with Crippen LogP contribution < -0.4 is 5.76 Å². The summed E-state index contributed by atoms with van der Waals surface area (Å²) >= 11 is 5.93. The fourth-order valence-electron chi connectivity index (χ4n) is 3.43. The molecule has 4 rings (SSSR count). The summed E-state index contributed by atoms with van der Waals surface area (Å²) in [7, 11) is 0. The van der Waals surface area contributed by atoms with Crippen LogP contribution in [-0.4, -0.2) is 28.5 Å². The molecular weight excluding hydrogens is 364 g/mol. The van der Waals surface area contributed by atoms with Crippen LogP contribution in [-0.2, 0) is 11.3 Å². The minimum atomic E-state index is -0.468. The van der Waals surface area contributed by atoms with Crippen molar-refractivity contribution in [1.29, 1.82) is 0 Å². The van der Waals surface area contributed by atoms with Crippen molar-refractivity contribution in [1.82, 2.24) is 9.47 Å². The van der Waals surface area contributed by atoms with Gasteiger partial charge in [-0.05, 0) is 29.7 Å². The highest BCUT2D eigenvalue weighted by molar-refractivity contribution is 6.31. The Morgan fingerprint density at radius 1 is 1.15 bits per heavy atom. The number of halogens is 1. The molecule has 0 atom stereocenters. The van der Waals surface area contributed by atoms with E-state index in [0.29, 0.717) is 29.2 Å². The van der Waals surface area contributed by atoms with Crippen molar-refractivity contribution in [2.75, 3.05) is 13.1 Å². The molecule has 0 spiro atoms. The third-order valence-electron chi connectivity index (χ3n) is 4.89. The number of aromatic nitrogens is 1. The zero-order chi connectivity index (χ0) is 18.8. The van der Waals surface area contributed by atoms with Gasteiger partial charge >= 0.3 is 5.76 Å². The molecule has 1 aliphatic heterocycles. The molecule has 3 aromatic rings. The fourth-order valence-corrected chi connectivity index (χ4v) is 3.59. The number of oxazole rings is 1. The molecule has 0 unspecified atom stereocenters. The Morgan fingerprint density at radius 3 is 2.70 bits per heavy atom. The van der Waals surface area contributed by atoms with Gasteiger partial charge in [-0.3, -0.25) is 9.36 Å². The third kappa shape index (κ3) is 3.69. The average Bonchev–Trinajstić information content (AvgIpc) is 3.01. The van der Waals surface area contributed by atoms with E-state index in [9.17, 15) is 9.59 Å². The van der Waals surface area contributed by atoms with E-state index in [-0.39, 0.29) is 18.9 Å². The summed E-state index contributed by atoms with van der Waals surface area (Å²) in [5, 5.41) is 0.508. The summed E-state index contributed by atoms with van der Waals surface area (Å²) in [6.07, 6.45) is 3.20. The number of amides is 1. The minimum Gasteiger partial charge on any atom is -0.408 e. The van der Waals surface area contributed by atoms with Crippen LogP contribution in [0.4, 0.5) is 0 Å². The monoisotopic (exact) mass is 382 g/mol. The first-order chi connectivity index (χ1) is 13.1. The maximum atomic E-state index is 12.6. The van der Waals surface area contributed by atoms with Crippen LogP contribution in [0.2, 0.25) is 5.02 Å². The highest BCUT2D eigenvalue weighted by atomic mass is 35.5. The van der Waals surface area contributed by atoms with Gasteiger partial charge in [-0.2, -0.15) is 0 Å². The molecule has 2 aromatic carbocycles. The molecule has 6 heteroatoms. The standard InChI is InChI=1S/C21H19ClN2O3/c22-17-6-7-18-19(14-17)27-21(26)24(18)13-10-20(25)23-11-8-16(9-12-23)15-4-2-1-3-5-15/h1-8,14H,9-13H2. The number of rotatable bonds is 4. The van der Waals surface area contributed by atoms with Gasteiger partial charge in [0.2, 0.25) is 5.91 Å². The summed E-state index contributed by atoms with van der Waals surface area (Å²) < 4.78 is 6.69. The van der Waals surface area contributed by atoms with E-state index in [2.05, 4.69) is 18.2 Å². The van der Waals surface area contributed by atoms with E-state index >= 15 is 0 Å². The van der Waals surface area contributed by atoms with Crippen molar-refractivity contribution in [3.8, 4) is 0 Å². The Morgan fingerprint density at radius 2 is 1.96 bits per heavy atom. The molecule has 0 N–H and O–H groups in total. The van der Waals surface area contributed by atoms with Crippen LogP contribution in [0.1, 0.15) is 18.4 Å². The van der Waals surface area contributed by atoms with Gasteiger partial charge in [0.05, 0.1) is 5.52 Å². The summed E-state index contributed by atoms with van der Waals surface area (Å²) in [5.74, 6) is -0.432. The van der Waals surface area contributed by atoms with Gasteiger partial charge in [-0.15, -0.1) is 0 Å². The van der Waals surface area contributed by atoms with E-state index in [1.54, 1.807) is 18.2 Å². The molecule has 0 bridgehead atoms. The van der Waals surface area contributed by atoms with Crippen LogP contribution in [0.25, 0.3) is 16.7 Å². The minimum absolute atomic E-state index is 0.0357. The van der Waals surface area contributed by atoms with Crippen LogP contribution in [0, 0.1) is 0 Å². The molecule has 138 valence electrons. The average molecular weight is 383 g/mol. The van der Waals surface area contributed by atoms with Crippen molar-refractivity contribution < 1.29 is 9.21 Å². The summed E-state index contributed by atoms with van der Waals surface area (Å²) in [6, 6.07) is 15.3. The molecule has 1 aliphatic rings. The van der Waals surface area contributed by atoms with Gasteiger partial charge in [0.15, 0.2) is 5.58 Å². The van der Waals surface area contributed by atoms with Gasteiger partial charge in [0.25, 0.3) is 0 Å². The number of nitrogens with zero attached hydrogens (tertiary/aromatic N) is 2. The molecule has 5 nitrogen and oxygen atoms in total. The van der Waals surface area contributed by atoms with Gasteiger partial charge < -0.3 is 9.32 Å². The maximum Gasteiger partial charge on any atom is 0.419 e. The van der Waals surface area contributed by atoms with E-state index in [0.717, 1.165) is 6.42 Å². The quantitative estimate of drug-likeness (QED) is 0.686. The molecule has 1 aromatic heterocycles. The summed E-state index contributed by atoms with van der Waals surface area (Å²) in [4.78, 5) is 26.5. The smallest absolute Gasteiger partial charge is 0.408 e. The highest BCUT2D eigenvalue weighted by Gasteiger charge is 2.19. The Kier molecular flexibility index (Phi) is 4.86. The van der Waals surface area contributed by atoms with Crippen LogP contribution in [0.15, 0.2) is 63.8 Å². The molecule has 0 saturated carbocycles. The zero-order valence-electron chi connectivity index (χ0n) is 14.7. The predicted octanol–water partition coefficient (Wildman–Crippen LogP) is 3.95. The molecule has 0 aliphatic carbocycles. The molecule has 0 fully saturated rings. The van der Waals surface area contributed by atoms with Crippen molar-refractivity contribution in [3.05, 3.63) is 75.7 Å². The Labute approximate surface area is 161 Å². The summed E-state index contributed by atoms with van der Waals surface area (Å²) in [6.45, 7) is 1.58. The van der Waals surface area contributed by atoms with Gasteiger partial charge in [0, 0.05) is 37.1 Å². The van der Waals surface area contributed by atoms with E-state index in [1.807, 2.05) is 23.1 Å². The van der Waals surface area contributed by atoms with Crippen molar-refractivity contribution in [3.63, 3.8) is 0 Å². The first-order valence-electron chi connectivity index (χ1n) is 8.93. The van der Waals surface area contributed by atoms with Crippen LogP contribution in [0.3, 0.4) is 0 Å². The number of benzene rings is 2. The van der Waals surface area contributed by atoms with Crippen molar-refractivity contribution >= 4 is 34.2 Å². The fraction of sp³-hybridized carbons (Fsp3) is 0.238. The lowest BCUT2D eigenvalue weighted by Crippen LogP contribution is -2.35. The van der Waals surface area contributed by atoms with E-state index < -0.39 is 5.76 Å². The molecule has 1 amide bonds. The van der Waals surface area contributed by atoms with Crippen molar-refractivity contribution in [2.24, 2.45) is 0 Å². The lowest BCUT2D eigenvalue weighted by Gasteiger charge is -2.26. The normalized spacial score (nSPS) is 14.4. The molecular formula is C21H19ClN2O3. The second-order valence-corrected chi connectivity index (χ2v) is 7.00. The van der Waals surface area contributed by atoms with E-state index in [4.69, 9.17) is 16.0 Å². The number of hydrogen-bond acceptors (Lipinski definition) is 3. The third-order valence-corrected chi connectivity index (χ3v) is 5.12. The SMILES string of the molecule is O=C(CCn1c(=O)oc2cc(Cl)ccc21)N1CC=C(c2ccccc2)CC1. The first kappa shape index (κ1) is 17.6. The zero-order valence-corrected chi connectivity index (χ0v) is 15.5. The molecule has 2 heterocycles. The van der Waals surface area contributed by atoms with Gasteiger partial charge in [-0.25, -0.2) is 4.79 Å². The van der Waals surface area contributed by atoms with E-state index in [1.165, 1.54) is 15.7 Å². The lowest BCUT2D eigenvalue weighted by atomic mass is 9.99. The second kappa shape index (κ2) is 7.45. The number of aryl methyl sites for hydroxylation is 1. The van der Waals surface area contributed by atoms with Crippen LogP contribution in [0.5, 0.6) is 0 Å². The Balaban J connectivity index is 1.42. The largest absolute Gasteiger partial charge is 0.419 e. The summed E-state index contributed by atoms with van der Waals surface area (Å²) in [5.41, 5.74) is 3.57. The molecule has 0 saturated heterocycles. The number of hydrogen-bond donors (Lipinski definition) is 0. The van der Waals surface area contributed by atoms with Crippen LogP contribution >= 0.6 is 11.6 Å². The molecule has 27 heavy (non-hydrogen) atoms. The number of fused-ring (bicyclic) bond motifs is 1. The predicted molar refractivity (Wildman–Crippen MR) is 106 cm³/mol. The highest BCUT2D eigenvalue weighted by Crippen LogP contribution is 2.23. The Hall–Kier alpha value is -2.79. The lowest BCUT2D eigenvalue weighted by molar-refractivity contribution is -0.131. The maximum absolute atomic E-state index is 12.6.